The van der Waals surface area contributed by atoms with Crippen LogP contribution in [0.2, 0.25) is 0 Å². The first-order valence-corrected chi connectivity index (χ1v) is 7.33. The first kappa shape index (κ1) is 14.1. The molecule has 2 atom stereocenters. The molecule has 1 unspecified atom stereocenters. The number of nitrogens with one attached hydrogen (secondary N) is 2. The summed E-state index contributed by atoms with van der Waals surface area (Å²) in [6, 6.07) is 10.5. The Morgan fingerprint density at radius 2 is 2.16 bits per heavy atom. The molecule has 0 radical (unpaired) electrons. The van der Waals surface area contributed by atoms with Crippen molar-refractivity contribution in [3.8, 4) is 0 Å². The van der Waals surface area contributed by atoms with Crippen molar-refractivity contribution in [1.82, 2.24) is 10.6 Å². The monoisotopic (exact) mass is 260 g/mol. The highest BCUT2D eigenvalue weighted by Gasteiger charge is 2.19. The molecule has 0 bridgehead atoms. The largest absolute Gasteiger partial charge is 0.355 e. The fourth-order valence-corrected chi connectivity index (χ4v) is 2.56. The van der Waals surface area contributed by atoms with Crippen LogP contribution in [0.15, 0.2) is 30.3 Å². The summed E-state index contributed by atoms with van der Waals surface area (Å²) in [7, 11) is 0. The molecule has 0 spiro atoms. The molecular formula is C16H24N2O. The predicted molar refractivity (Wildman–Crippen MR) is 78.1 cm³/mol. The van der Waals surface area contributed by atoms with Crippen LogP contribution >= 0.6 is 0 Å². The molecule has 104 valence electrons. The highest BCUT2D eigenvalue weighted by atomic mass is 16.2. The summed E-state index contributed by atoms with van der Waals surface area (Å²) < 4.78 is 0. The number of hydrogen-bond donors (Lipinski definition) is 2. The van der Waals surface area contributed by atoms with Gasteiger partial charge >= 0.3 is 0 Å². The number of carbonyl (C=O) groups excluding carboxylic acids is 1. The molecule has 1 aliphatic heterocycles. The van der Waals surface area contributed by atoms with Crippen molar-refractivity contribution in [3.05, 3.63) is 35.9 Å². The van der Waals surface area contributed by atoms with Crippen LogP contribution in [-0.4, -0.2) is 25.0 Å². The van der Waals surface area contributed by atoms with E-state index in [1.165, 1.54) is 12.0 Å². The molecule has 19 heavy (non-hydrogen) atoms. The SMILES string of the molecule is CC(CCNC(=O)[C@H]1CCCCN1)c1ccccc1. The molecule has 1 heterocycles. The third kappa shape index (κ3) is 4.35. The Bertz CT molecular complexity index is 385. The van der Waals surface area contributed by atoms with Gasteiger partial charge in [0.05, 0.1) is 6.04 Å². The minimum Gasteiger partial charge on any atom is -0.355 e. The molecule has 2 N–H and O–H groups in total. The van der Waals surface area contributed by atoms with Gasteiger partial charge in [0.15, 0.2) is 0 Å². The zero-order valence-electron chi connectivity index (χ0n) is 11.7. The van der Waals surface area contributed by atoms with Crippen LogP contribution in [0.4, 0.5) is 0 Å². The molecule has 1 aromatic rings. The van der Waals surface area contributed by atoms with Crippen molar-refractivity contribution in [3.63, 3.8) is 0 Å². The molecule has 0 aliphatic carbocycles. The lowest BCUT2D eigenvalue weighted by molar-refractivity contribution is -0.123. The van der Waals surface area contributed by atoms with E-state index in [1.54, 1.807) is 0 Å². The van der Waals surface area contributed by atoms with Crippen LogP contribution in [0.25, 0.3) is 0 Å². The average Bonchev–Trinajstić information content (AvgIpc) is 2.49. The molecule has 1 saturated heterocycles. The van der Waals surface area contributed by atoms with E-state index in [4.69, 9.17) is 0 Å². The van der Waals surface area contributed by atoms with E-state index >= 15 is 0 Å². The molecule has 1 aliphatic rings. The Morgan fingerprint density at radius 1 is 1.37 bits per heavy atom. The summed E-state index contributed by atoms with van der Waals surface area (Å²) in [6.45, 7) is 3.94. The lowest BCUT2D eigenvalue weighted by Gasteiger charge is -2.23. The van der Waals surface area contributed by atoms with Gasteiger partial charge in [-0.05, 0) is 37.3 Å². The van der Waals surface area contributed by atoms with Crippen LogP contribution in [0.5, 0.6) is 0 Å². The lowest BCUT2D eigenvalue weighted by atomic mass is 9.98. The number of rotatable bonds is 5. The number of hydrogen-bond acceptors (Lipinski definition) is 2. The van der Waals surface area contributed by atoms with E-state index in [0.717, 1.165) is 32.4 Å². The Balaban J connectivity index is 1.69. The molecule has 1 amide bonds. The Labute approximate surface area is 115 Å². The third-order valence-corrected chi connectivity index (χ3v) is 3.87. The predicted octanol–water partition coefficient (Wildman–Crippen LogP) is 2.44. The van der Waals surface area contributed by atoms with Gasteiger partial charge < -0.3 is 10.6 Å². The second-order valence-electron chi connectivity index (χ2n) is 5.39. The zero-order valence-corrected chi connectivity index (χ0v) is 11.7. The molecule has 0 aromatic heterocycles. The van der Waals surface area contributed by atoms with E-state index in [-0.39, 0.29) is 11.9 Å². The smallest absolute Gasteiger partial charge is 0.237 e. The molecule has 0 saturated carbocycles. The van der Waals surface area contributed by atoms with Crippen molar-refractivity contribution in [2.45, 2.75) is 44.6 Å². The van der Waals surface area contributed by atoms with E-state index in [1.807, 2.05) is 6.07 Å². The van der Waals surface area contributed by atoms with Gasteiger partial charge in [-0.15, -0.1) is 0 Å². The summed E-state index contributed by atoms with van der Waals surface area (Å²) >= 11 is 0. The fourth-order valence-electron chi connectivity index (χ4n) is 2.56. The van der Waals surface area contributed by atoms with Gasteiger partial charge in [0.25, 0.3) is 0 Å². The van der Waals surface area contributed by atoms with Crippen LogP contribution in [0, 0.1) is 0 Å². The van der Waals surface area contributed by atoms with E-state index in [0.29, 0.717) is 5.92 Å². The summed E-state index contributed by atoms with van der Waals surface area (Å²) in [6.07, 6.45) is 4.31. The third-order valence-electron chi connectivity index (χ3n) is 3.87. The lowest BCUT2D eigenvalue weighted by Crippen LogP contribution is -2.46. The van der Waals surface area contributed by atoms with Gasteiger partial charge in [-0.2, -0.15) is 0 Å². The van der Waals surface area contributed by atoms with E-state index in [2.05, 4.69) is 41.8 Å². The average molecular weight is 260 g/mol. The van der Waals surface area contributed by atoms with Gasteiger partial charge in [0.1, 0.15) is 0 Å². The van der Waals surface area contributed by atoms with Gasteiger partial charge in [0.2, 0.25) is 5.91 Å². The highest BCUT2D eigenvalue weighted by molar-refractivity contribution is 5.81. The van der Waals surface area contributed by atoms with Gasteiger partial charge in [-0.25, -0.2) is 0 Å². The normalized spacial score (nSPS) is 20.8. The summed E-state index contributed by atoms with van der Waals surface area (Å²) in [5.41, 5.74) is 1.34. The molecule has 3 heteroatoms. The summed E-state index contributed by atoms with van der Waals surface area (Å²) in [5, 5.41) is 6.33. The maximum Gasteiger partial charge on any atom is 0.237 e. The Kier molecular flexibility index (Phi) is 5.40. The Hall–Kier alpha value is -1.35. The van der Waals surface area contributed by atoms with Crippen LogP contribution in [0.1, 0.15) is 44.1 Å². The Morgan fingerprint density at radius 3 is 2.84 bits per heavy atom. The standard InChI is InChI=1S/C16H24N2O/c1-13(14-7-3-2-4-8-14)10-12-18-16(19)15-9-5-6-11-17-15/h2-4,7-8,13,15,17H,5-6,9-12H2,1H3,(H,18,19)/t13?,15-/m1/s1. The van der Waals surface area contributed by atoms with Crippen molar-refractivity contribution in [2.75, 3.05) is 13.1 Å². The van der Waals surface area contributed by atoms with Crippen molar-refractivity contribution >= 4 is 5.91 Å². The number of carbonyl (C=O) groups is 1. The maximum atomic E-state index is 11.9. The molecule has 1 aromatic carbocycles. The van der Waals surface area contributed by atoms with Gasteiger partial charge in [-0.3, -0.25) is 4.79 Å². The number of benzene rings is 1. The first-order valence-electron chi connectivity index (χ1n) is 7.33. The molecule has 1 fully saturated rings. The number of amides is 1. The maximum absolute atomic E-state index is 11.9. The van der Waals surface area contributed by atoms with Crippen molar-refractivity contribution in [1.29, 1.82) is 0 Å². The van der Waals surface area contributed by atoms with Crippen LogP contribution in [0.3, 0.4) is 0 Å². The topological polar surface area (TPSA) is 41.1 Å². The minimum absolute atomic E-state index is 0.0285. The van der Waals surface area contributed by atoms with Crippen LogP contribution in [-0.2, 0) is 4.79 Å². The zero-order chi connectivity index (χ0) is 13.5. The van der Waals surface area contributed by atoms with Gasteiger partial charge in [-0.1, -0.05) is 43.7 Å². The first-order chi connectivity index (χ1) is 9.27. The number of piperidine rings is 1. The van der Waals surface area contributed by atoms with E-state index in [9.17, 15) is 4.79 Å². The second kappa shape index (κ2) is 7.29. The quantitative estimate of drug-likeness (QED) is 0.854. The fraction of sp³-hybridized carbons (Fsp3) is 0.562. The van der Waals surface area contributed by atoms with Crippen molar-refractivity contribution in [2.24, 2.45) is 0 Å². The molecular weight excluding hydrogens is 236 g/mol. The van der Waals surface area contributed by atoms with Crippen molar-refractivity contribution < 1.29 is 4.79 Å². The van der Waals surface area contributed by atoms with E-state index < -0.39 is 0 Å². The minimum atomic E-state index is 0.0285. The van der Waals surface area contributed by atoms with Gasteiger partial charge in [0, 0.05) is 6.54 Å². The molecule has 2 rings (SSSR count). The molecule has 3 nitrogen and oxygen atoms in total. The van der Waals surface area contributed by atoms with Crippen LogP contribution < -0.4 is 10.6 Å². The second-order valence-corrected chi connectivity index (χ2v) is 5.39. The highest BCUT2D eigenvalue weighted by Crippen LogP contribution is 2.17. The summed E-state index contributed by atoms with van der Waals surface area (Å²) in [4.78, 5) is 11.9. The summed E-state index contributed by atoms with van der Waals surface area (Å²) in [5.74, 6) is 0.653.